The smallest absolute Gasteiger partial charge is 0.407 e. The second-order valence-corrected chi connectivity index (χ2v) is 6.65. The summed E-state index contributed by atoms with van der Waals surface area (Å²) in [6.07, 6.45) is -0.617. The Labute approximate surface area is 157 Å². The molecule has 2 aromatic rings. The number of nitrogens with one attached hydrogen (secondary N) is 1. The zero-order valence-corrected chi connectivity index (χ0v) is 15.3. The predicted molar refractivity (Wildman–Crippen MR) is 99.3 cm³/mol. The molecule has 26 heavy (non-hydrogen) atoms. The van der Waals surface area contributed by atoms with Crippen LogP contribution in [0, 0.1) is 0 Å². The molecule has 0 aliphatic heterocycles. The van der Waals surface area contributed by atoms with Crippen LogP contribution in [0.4, 0.5) is 4.79 Å². The molecule has 0 fully saturated rings. The van der Waals surface area contributed by atoms with E-state index in [1.807, 2.05) is 24.3 Å². The molecule has 5 nitrogen and oxygen atoms in total. The number of methoxy groups -OCH3 is 1. The minimum atomic E-state index is -0.972. The van der Waals surface area contributed by atoms with Crippen LogP contribution in [0.5, 0.6) is 0 Å². The summed E-state index contributed by atoms with van der Waals surface area (Å²) in [5, 5.41) is 1.60. The summed E-state index contributed by atoms with van der Waals surface area (Å²) < 4.78 is 9.98. The lowest BCUT2D eigenvalue weighted by Gasteiger charge is -2.19. The molecule has 0 bridgehead atoms. The predicted octanol–water partition coefficient (Wildman–Crippen LogP) is 3.69. The normalized spacial score (nSPS) is 14.7. The van der Waals surface area contributed by atoms with Crippen LogP contribution in [-0.4, -0.2) is 37.2 Å². The number of esters is 1. The highest BCUT2D eigenvalue weighted by Gasteiger charge is 2.30. The third-order valence-corrected chi connectivity index (χ3v) is 5.11. The zero-order chi connectivity index (χ0) is 18.7. The fourth-order valence-electron chi connectivity index (χ4n) is 3.22. The summed E-state index contributed by atoms with van der Waals surface area (Å²) in [5.41, 5.74) is 4.60. The number of carbonyl (C=O) groups excluding carboxylic acids is 2. The van der Waals surface area contributed by atoms with Crippen molar-refractivity contribution in [1.82, 2.24) is 5.32 Å². The molecule has 0 spiro atoms. The molecule has 6 heteroatoms. The lowest BCUT2D eigenvalue weighted by molar-refractivity contribution is -0.140. The highest BCUT2D eigenvalue weighted by atomic mass is 35.5. The number of hydrogen-bond acceptors (Lipinski definition) is 4. The number of alkyl halides is 1. The Hall–Kier alpha value is -2.53. The summed E-state index contributed by atoms with van der Waals surface area (Å²) in [6, 6.07) is 15.6. The molecule has 0 saturated carbocycles. The van der Waals surface area contributed by atoms with Gasteiger partial charge in [0.25, 0.3) is 0 Å². The van der Waals surface area contributed by atoms with Gasteiger partial charge in [-0.05, 0) is 29.2 Å². The molecule has 1 aliphatic carbocycles. The van der Waals surface area contributed by atoms with Crippen LogP contribution in [-0.2, 0) is 14.3 Å². The van der Waals surface area contributed by atoms with Crippen molar-refractivity contribution in [3.63, 3.8) is 0 Å². The van der Waals surface area contributed by atoms with Crippen molar-refractivity contribution in [2.75, 3.05) is 13.7 Å². The maximum atomic E-state index is 12.1. The van der Waals surface area contributed by atoms with Gasteiger partial charge >= 0.3 is 12.1 Å². The molecule has 1 N–H and O–H groups in total. The summed E-state index contributed by atoms with van der Waals surface area (Å²) in [7, 11) is 1.25. The van der Waals surface area contributed by atoms with Crippen LogP contribution in [0.2, 0.25) is 0 Å². The first-order valence-corrected chi connectivity index (χ1v) is 8.80. The van der Waals surface area contributed by atoms with Crippen molar-refractivity contribution in [2.24, 2.45) is 0 Å². The zero-order valence-electron chi connectivity index (χ0n) is 14.6. The van der Waals surface area contributed by atoms with E-state index >= 15 is 0 Å². The SMILES string of the molecule is COC(=O)C(Cl)[C@@H](C)NC(=O)OCC1c2ccccc2-c2ccccc21. The van der Waals surface area contributed by atoms with Crippen molar-refractivity contribution in [3.8, 4) is 11.1 Å². The van der Waals surface area contributed by atoms with E-state index in [4.69, 9.17) is 16.3 Å². The molecule has 1 aliphatic rings. The van der Waals surface area contributed by atoms with Gasteiger partial charge in [0.1, 0.15) is 6.61 Å². The van der Waals surface area contributed by atoms with E-state index in [0.29, 0.717) is 0 Å². The van der Waals surface area contributed by atoms with Gasteiger partial charge in [0.2, 0.25) is 0 Å². The van der Waals surface area contributed by atoms with Gasteiger partial charge in [-0.3, -0.25) is 4.79 Å². The fraction of sp³-hybridized carbons (Fsp3) is 0.300. The van der Waals surface area contributed by atoms with Crippen LogP contribution < -0.4 is 5.32 Å². The number of alkyl carbamates (subject to hydrolysis) is 1. The van der Waals surface area contributed by atoms with Crippen LogP contribution in [0.15, 0.2) is 48.5 Å². The van der Waals surface area contributed by atoms with E-state index < -0.39 is 23.5 Å². The van der Waals surface area contributed by atoms with Crippen LogP contribution >= 0.6 is 11.6 Å². The van der Waals surface area contributed by atoms with Crippen LogP contribution in [0.25, 0.3) is 11.1 Å². The van der Waals surface area contributed by atoms with Gasteiger partial charge < -0.3 is 14.8 Å². The first-order chi connectivity index (χ1) is 12.5. The van der Waals surface area contributed by atoms with Crippen molar-refractivity contribution in [2.45, 2.75) is 24.3 Å². The van der Waals surface area contributed by atoms with Gasteiger partial charge in [-0.1, -0.05) is 48.5 Å². The molecule has 0 aromatic heterocycles. The summed E-state index contributed by atoms with van der Waals surface area (Å²) in [6.45, 7) is 1.83. The third-order valence-electron chi connectivity index (χ3n) is 4.55. The minimum Gasteiger partial charge on any atom is -0.468 e. The topological polar surface area (TPSA) is 64.6 Å². The Kier molecular flexibility index (Phi) is 5.47. The molecule has 0 heterocycles. The summed E-state index contributed by atoms with van der Waals surface area (Å²) >= 11 is 5.94. The van der Waals surface area contributed by atoms with Crippen LogP contribution in [0.3, 0.4) is 0 Å². The molecule has 3 rings (SSSR count). The van der Waals surface area contributed by atoms with Crippen molar-refractivity contribution >= 4 is 23.7 Å². The minimum absolute atomic E-state index is 0.0177. The molecule has 0 saturated heterocycles. The molecule has 136 valence electrons. The van der Waals surface area contributed by atoms with Gasteiger partial charge in [0.05, 0.1) is 13.2 Å². The maximum absolute atomic E-state index is 12.1. The average molecular weight is 374 g/mol. The molecule has 2 aromatic carbocycles. The molecule has 0 radical (unpaired) electrons. The Morgan fingerprint density at radius 2 is 1.62 bits per heavy atom. The number of halogens is 1. The summed E-state index contributed by atoms with van der Waals surface area (Å²) in [5.74, 6) is -0.617. The lowest BCUT2D eigenvalue weighted by Crippen LogP contribution is -2.43. The van der Waals surface area contributed by atoms with Crippen molar-refractivity contribution in [1.29, 1.82) is 0 Å². The largest absolute Gasteiger partial charge is 0.468 e. The standard InChI is InChI=1S/C20H20ClNO4/c1-12(18(21)19(23)25-2)22-20(24)26-11-17-15-9-5-3-7-13(15)14-8-4-6-10-16(14)17/h3-10,12,17-18H,11H2,1-2H3,(H,22,24)/t12-,18?/m1/s1. The number of ether oxygens (including phenoxy) is 2. The molecule has 1 unspecified atom stereocenters. The number of amides is 1. The van der Waals surface area contributed by atoms with Gasteiger partial charge in [-0.25, -0.2) is 4.79 Å². The molecular weight excluding hydrogens is 354 g/mol. The first-order valence-electron chi connectivity index (χ1n) is 8.36. The Morgan fingerprint density at radius 1 is 1.08 bits per heavy atom. The first kappa shape index (κ1) is 18.3. The van der Waals surface area contributed by atoms with E-state index in [9.17, 15) is 9.59 Å². The number of benzene rings is 2. The maximum Gasteiger partial charge on any atom is 0.407 e. The van der Waals surface area contributed by atoms with Crippen molar-refractivity contribution in [3.05, 3.63) is 59.7 Å². The molecular formula is C20H20ClNO4. The molecule has 2 atom stereocenters. The number of carbonyl (C=O) groups is 2. The van der Waals surface area contributed by atoms with Gasteiger partial charge in [-0.2, -0.15) is 0 Å². The van der Waals surface area contributed by atoms with Gasteiger partial charge in [0.15, 0.2) is 5.38 Å². The second kappa shape index (κ2) is 7.79. The van der Waals surface area contributed by atoms with E-state index in [2.05, 4.69) is 34.3 Å². The van der Waals surface area contributed by atoms with Gasteiger partial charge in [-0.15, -0.1) is 11.6 Å². The highest BCUT2D eigenvalue weighted by Crippen LogP contribution is 2.44. The van der Waals surface area contributed by atoms with Crippen LogP contribution in [0.1, 0.15) is 24.0 Å². The van der Waals surface area contributed by atoms with Crippen molar-refractivity contribution < 1.29 is 19.1 Å². The average Bonchev–Trinajstić information content (AvgIpc) is 2.99. The summed E-state index contributed by atoms with van der Waals surface area (Å²) in [4.78, 5) is 23.5. The second-order valence-electron chi connectivity index (χ2n) is 6.18. The Bertz CT molecular complexity index is 777. The van der Waals surface area contributed by atoms with E-state index in [1.54, 1.807) is 6.92 Å². The number of fused-ring (bicyclic) bond motifs is 3. The Balaban J connectivity index is 1.67. The Morgan fingerprint density at radius 3 is 2.15 bits per heavy atom. The van der Waals surface area contributed by atoms with E-state index in [1.165, 1.54) is 7.11 Å². The lowest BCUT2D eigenvalue weighted by atomic mass is 9.98. The van der Waals surface area contributed by atoms with E-state index in [0.717, 1.165) is 22.3 Å². The molecule has 1 amide bonds. The monoisotopic (exact) mass is 373 g/mol. The quantitative estimate of drug-likeness (QED) is 0.641. The number of rotatable bonds is 5. The van der Waals surface area contributed by atoms with E-state index in [-0.39, 0.29) is 12.5 Å². The highest BCUT2D eigenvalue weighted by molar-refractivity contribution is 6.30. The van der Waals surface area contributed by atoms with Gasteiger partial charge in [0, 0.05) is 5.92 Å². The third kappa shape index (κ3) is 3.53. The fourth-order valence-corrected chi connectivity index (χ4v) is 3.37. The number of hydrogen-bond donors (Lipinski definition) is 1.